The third kappa shape index (κ3) is 1.98. The molecule has 0 amide bonds. The highest BCUT2D eigenvalue weighted by molar-refractivity contribution is 5.72. The molecule has 2 aromatic heterocycles. The number of nitrogens with two attached hydrogens (primary N) is 1. The molecule has 0 atom stereocenters. The summed E-state index contributed by atoms with van der Waals surface area (Å²) in [6.07, 6.45) is 6.16. The number of pyridine rings is 1. The van der Waals surface area contributed by atoms with Gasteiger partial charge in [0.15, 0.2) is 0 Å². The van der Waals surface area contributed by atoms with Gasteiger partial charge in [0.25, 0.3) is 0 Å². The Labute approximate surface area is 94.3 Å². The summed E-state index contributed by atoms with van der Waals surface area (Å²) in [6.45, 7) is 2.07. The van der Waals surface area contributed by atoms with Gasteiger partial charge in [-0.15, -0.1) is 0 Å². The maximum atomic E-state index is 5.81. The van der Waals surface area contributed by atoms with Gasteiger partial charge in [0.2, 0.25) is 0 Å². The smallest absolute Gasteiger partial charge is 0.0856 e. The molecule has 0 bridgehead atoms. The summed E-state index contributed by atoms with van der Waals surface area (Å²) in [4.78, 5) is 3.95. The van der Waals surface area contributed by atoms with Crippen LogP contribution in [0.5, 0.6) is 0 Å². The van der Waals surface area contributed by atoms with Gasteiger partial charge in [-0.2, -0.15) is 5.10 Å². The molecule has 0 aliphatic carbocycles. The number of nitrogens with one attached hydrogen (secondary N) is 1. The van der Waals surface area contributed by atoms with Crippen molar-refractivity contribution in [2.45, 2.75) is 13.3 Å². The Hall–Kier alpha value is -2.04. The third-order valence-electron chi connectivity index (χ3n) is 2.36. The highest BCUT2D eigenvalue weighted by Gasteiger charge is 2.07. The van der Waals surface area contributed by atoms with Crippen LogP contribution in [0.2, 0.25) is 0 Å². The van der Waals surface area contributed by atoms with E-state index in [1.165, 1.54) is 0 Å². The summed E-state index contributed by atoms with van der Waals surface area (Å²) in [6, 6.07) is 1.85. The van der Waals surface area contributed by atoms with Gasteiger partial charge in [0.05, 0.1) is 29.0 Å². The van der Waals surface area contributed by atoms with Gasteiger partial charge in [-0.3, -0.25) is 9.67 Å². The van der Waals surface area contributed by atoms with E-state index in [1.807, 2.05) is 19.3 Å². The van der Waals surface area contributed by atoms with Crippen molar-refractivity contribution in [2.75, 3.05) is 11.1 Å². The van der Waals surface area contributed by atoms with E-state index in [2.05, 4.69) is 22.3 Å². The minimum absolute atomic E-state index is 0.633. The molecule has 0 unspecified atom stereocenters. The quantitative estimate of drug-likeness (QED) is 0.821. The van der Waals surface area contributed by atoms with E-state index in [0.717, 1.165) is 23.5 Å². The van der Waals surface area contributed by atoms with Gasteiger partial charge in [-0.25, -0.2) is 0 Å². The second-order valence-corrected chi connectivity index (χ2v) is 3.60. The summed E-state index contributed by atoms with van der Waals surface area (Å²) >= 11 is 0. The first-order chi connectivity index (χ1) is 7.70. The molecule has 5 nitrogen and oxygen atoms in total. The number of aryl methyl sites for hydroxylation is 2. The van der Waals surface area contributed by atoms with Crippen molar-refractivity contribution in [3.05, 3.63) is 30.4 Å². The summed E-state index contributed by atoms with van der Waals surface area (Å²) in [5, 5.41) is 7.62. The lowest BCUT2D eigenvalue weighted by molar-refractivity contribution is 0.746. The molecule has 0 radical (unpaired) electrons. The first kappa shape index (κ1) is 10.5. The van der Waals surface area contributed by atoms with Gasteiger partial charge in [0, 0.05) is 19.4 Å². The maximum absolute atomic E-state index is 5.81. The van der Waals surface area contributed by atoms with Crippen molar-refractivity contribution in [3.63, 3.8) is 0 Å². The van der Waals surface area contributed by atoms with E-state index in [-0.39, 0.29) is 0 Å². The lowest BCUT2D eigenvalue weighted by Gasteiger charge is -2.07. The summed E-state index contributed by atoms with van der Waals surface area (Å²) in [7, 11) is 1.90. The number of aromatic nitrogens is 3. The average Bonchev–Trinajstić information content (AvgIpc) is 2.62. The van der Waals surface area contributed by atoms with Gasteiger partial charge in [0.1, 0.15) is 0 Å². The number of anilines is 3. The monoisotopic (exact) mass is 217 g/mol. The molecule has 0 aliphatic heterocycles. The van der Waals surface area contributed by atoms with E-state index in [0.29, 0.717) is 5.69 Å². The fourth-order valence-corrected chi connectivity index (χ4v) is 1.57. The number of rotatable bonds is 3. The van der Waals surface area contributed by atoms with E-state index in [9.17, 15) is 0 Å². The SMILES string of the molecule is CCc1nn(C)cc1Nc1ccncc1N. The Morgan fingerprint density at radius 2 is 2.25 bits per heavy atom. The van der Waals surface area contributed by atoms with Crippen molar-refractivity contribution in [2.24, 2.45) is 7.05 Å². The summed E-state index contributed by atoms with van der Waals surface area (Å²) in [5.41, 5.74) is 9.32. The Morgan fingerprint density at radius 1 is 1.44 bits per heavy atom. The minimum Gasteiger partial charge on any atom is -0.396 e. The predicted molar refractivity (Wildman–Crippen MR) is 64.5 cm³/mol. The molecule has 0 spiro atoms. The highest BCUT2D eigenvalue weighted by atomic mass is 15.3. The average molecular weight is 217 g/mol. The number of hydrogen-bond donors (Lipinski definition) is 2. The normalized spacial score (nSPS) is 10.4. The molecule has 2 heterocycles. The molecule has 0 fully saturated rings. The number of hydrogen-bond acceptors (Lipinski definition) is 4. The molecule has 0 aliphatic rings. The fourth-order valence-electron chi connectivity index (χ4n) is 1.57. The first-order valence-corrected chi connectivity index (χ1v) is 5.19. The zero-order chi connectivity index (χ0) is 11.5. The third-order valence-corrected chi connectivity index (χ3v) is 2.36. The Kier molecular flexibility index (Phi) is 2.76. The van der Waals surface area contributed by atoms with E-state index in [4.69, 9.17) is 5.73 Å². The van der Waals surface area contributed by atoms with Gasteiger partial charge in [-0.1, -0.05) is 6.92 Å². The number of nitrogen functional groups attached to an aromatic ring is 1. The standard InChI is InChI=1S/C11H15N5/c1-3-9-11(7-16(2)15-9)14-10-4-5-13-6-8(10)12/h4-7H,3,12H2,1-2H3,(H,13,14). The largest absolute Gasteiger partial charge is 0.396 e. The van der Waals surface area contributed by atoms with Crippen LogP contribution in [0.1, 0.15) is 12.6 Å². The van der Waals surface area contributed by atoms with Gasteiger partial charge < -0.3 is 11.1 Å². The van der Waals surface area contributed by atoms with Crippen molar-refractivity contribution in [1.82, 2.24) is 14.8 Å². The maximum Gasteiger partial charge on any atom is 0.0856 e. The van der Waals surface area contributed by atoms with Crippen molar-refractivity contribution in [3.8, 4) is 0 Å². The van der Waals surface area contributed by atoms with Crippen LogP contribution in [-0.4, -0.2) is 14.8 Å². The van der Waals surface area contributed by atoms with Gasteiger partial charge >= 0.3 is 0 Å². The first-order valence-electron chi connectivity index (χ1n) is 5.19. The molecule has 3 N–H and O–H groups in total. The fraction of sp³-hybridized carbons (Fsp3) is 0.273. The van der Waals surface area contributed by atoms with Crippen molar-refractivity contribution >= 4 is 17.1 Å². The lowest BCUT2D eigenvalue weighted by atomic mass is 10.2. The Morgan fingerprint density at radius 3 is 2.94 bits per heavy atom. The van der Waals surface area contributed by atoms with Crippen LogP contribution < -0.4 is 11.1 Å². The zero-order valence-corrected chi connectivity index (χ0v) is 9.44. The zero-order valence-electron chi connectivity index (χ0n) is 9.44. The van der Waals surface area contributed by atoms with Gasteiger partial charge in [-0.05, 0) is 12.5 Å². The summed E-state index contributed by atoms with van der Waals surface area (Å²) < 4.78 is 1.79. The second kappa shape index (κ2) is 4.22. The molecule has 2 aromatic rings. The molecule has 16 heavy (non-hydrogen) atoms. The topological polar surface area (TPSA) is 68.8 Å². The van der Waals surface area contributed by atoms with E-state index >= 15 is 0 Å². The molecular formula is C11H15N5. The highest BCUT2D eigenvalue weighted by Crippen LogP contribution is 2.23. The molecule has 5 heteroatoms. The molecule has 0 saturated heterocycles. The molecule has 0 aromatic carbocycles. The Balaban J connectivity index is 2.30. The van der Waals surface area contributed by atoms with Crippen molar-refractivity contribution in [1.29, 1.82) is 0 Å². The van der Waals surface area contributed by atoms with Crippen LogP contribution in [0.15, 0.2) is 24.7 Å². The van der Waals surface area contributed by atoms with Crippen LogP contribution in [0, 0.1) is 0 Å². The Bertz CT molecular complexity index is 489. The molecule has 2 rings (SSSR count). The summed E-state index contributed by atoms with van der Waals surface area (Å²) in [5.74, 6) is 0. The molecular weight excluding hydrogens is 202 g/mol. The minimum atomic E-state index is 0.633. The van der Waals surface area contributed by atoms with Crippen LogP contribution in [0.4, 0.5) is 17.1 Å². The number of nitrogens with zero attached hydrogens (tertiary/aromatic N) is 3. The molecule has 0 saturated carbocycles. The predicted octanol–water partition coefficient (Wildman–Crippen LogP) is 1.70. The van der Waals surface area contributed by atoms with Crippen molar-refractivity contribution < 1.29 is 0 Å². The lowest BCUT2D eigenvalue weighted by Crippen LogP contribution is -1.97. The van der Waals surface area contributed by atoms with Crippen LogP contribution in [0.25, 0.3) is 0 Å². The van der Waals surface area contributed by atoms with E-state index < -0.39 is 0 Å². The van der Waals surface area contributed by atoms with Crippen LogP contribution in [-0.2, 0) is 13.5 Å². The van der Waals surface area contributed by atoms with Crippen LogP contribution in [0.3, 0.4) is 0 Å². The second-order valence-electron chi connectivity index (χ2n) is 3.60. The van der Waals surface area contributed by atoms with Crippen LogP contribution >= 0.6 is 0 Å². The van der Waals surface area contributed by atoms with E-state index in [1.54, 1.807) is 17.1 Å². The molecule has 84 valence electrons.